The van der Waals surface area contributed by atoms with Crippen molar-refractivity contribution in [2.45, 2.75) is 30.7 Å². The normalized spacial score (nSPS) is 10.5. The van der Waals surface area contributed by atoms with Crippen molar-refractivity contribution in [2.24, 2.45) is 0 Å². The van der Waals surface area contributed by atoms with Gasteiger partial charge in [0.2, 0.25) is 5.95 Å². The predicted octanol–water partition coefficient (Wildman–Crippen LogP) is 4.44. The fraction of sp³-hybridized carbons (Fsp3) is 0.286. The first-order valence-electron chi connectivity index (χ1n) is 6.11. The number of nitrogens with zero attached hydrogens (tertiary/aromatic N) is 2. The van der Waals surface area contributed by atoms with Gasteiger partial charge in [-0.1, -0.05) is 29.5 Å². The molecule has 0 bridgehead atoms. The number of hydrogen-bond acceptors (Lipinski definition) is 4. The van der Waals surface area contributed by atoms with Gasteiger partial charge in [0.05, 0.1) is 4.47 Å². The van der Waals surface area contributed by atoms with Crippen LogP contribution in [0, 0.1) is 13.8 Å². The summed E-state index contributed by atoms with van der Waals surface area (Å²) in [5.74, 6) is 0.665. The van der Waals surface area contributed by atoms with Crippen LogP contribution in [-0.2, 0) is 0 Å². The van der Waals surface area contributed by atoms with Crippen molar-refractivity contribution < 1.29 is 0 Å². The summed E-state index contributed by atoms with van der Waals surface area (Å²) in [4.78, 5) is 9.95. The fourth-order valence-electron chi connectivity index (χ4n) is 1.68. The first kappa shape index (κ1) is 14.3. The van der Waals surface area contributed by atoms with Crippen molar-refractivity contribution in [1.29, 1.82) is 0 Å². The van der Waals surface area contributed by atoms with Gasteiger partial charge in [-0.05, 0) is 48.3 Å². The van der Waals surface area contributed by atoms with E-state index >= 15 is 0 Å². The third-order valence-corrected chi connectivity index (χ3v) is 4.61. The summed E-state index contributed by atoms with van der Waals surface area (Å²) in [6.45, 7) is 7.07. The molecule has 1 N–H and O–H groups in total. The van der Waals surface area contributed by atoms with E-state index in [0.717, 1.165) is 16.0 Å². The Kier molecular flexibility index (Phi) is 4.82. The third kappa shape index (κ3) is 3.70. The van der Waals surface area contributed by atoms with E-state index in [2.05, 4.69) is 63.3 Å². The summed E-state index contributed by atoms with van der Waals surface area (Å²) in [5, 5.41) is 4.06. The van der Waals surface area contributed by atoms with Gasteiger partial charge in [-0.3, -0.25) is 0 Å². The van der Waals surface area contributed by atoms with Gasteiger partial charge in [0.1, 0.15) is 5.03 Å². The first-order chi connectivity index (χ1) is 9.10. The maximum atomic E-state index is 4.51. The highest BCUT2D eigenvalue weighted by atomic mass is 79.9. The number of aromatic nitrogens is 2. The number of halogens is 1. The molecule has 2 aromatic rings. The molecule has 0 saturated carbocycles. The average molecular weight is 338 g/mol. The van der Waals surface area contributed by atoms with Crippen LogP contribution in [0.15, 0.2) is 38.8 Å². The van der Waals surface area contributed by atoms with Gasteiger partial charge in [0, 0.05) is 17.6 Å². The number of anilines is 1. The van der Waals surface area contributed by atoms with Crippen molar-refractivity contribution in [3.63, 3.8) is 0 Å². The number of benzene rings is 1. The molecule has 2 rings (SSSR count). The highest BCUT2D eigenvalue weighted by Gasteiger charge is 2.08. The Balaban J connectivity index is 2.29. The van der Waals surface area contributed by atoms with E-state index in [0.29, 0.717) is 5.95 Å². The summed E-state index contributed by atoms with van der Waals surface area (Å²) in [7, 11) is 0. The molecule has 0 unspecified atom stereocenters. The summed E-state index contributed by atoms with van der Waals surface area (Å²) >= 11 is 5.16. The number of aryl methyl sites for hydroxylation is 2. The first-order valence-corrected chi connectivity index (χ1v) is 7.72. The molecule has 3 nitrogen and oxygen atoms in total. The minimum absolute atomic E-state index is 0.665. The standard InChI is InChI=1S/C14H16BrN3S/c1-4-16-14-17-8-11(15)13(18-14)19-12-6-5-9(2)7-10(12)3/h5-8H,4H2,1-3H3,(H,16,17,18). The zero-order valence-corrected chi connectivity index (χ0v) is 13.6. The van der Waals surface area contributed by atoms with Crippen LogP contribution in [-0.4, -0.2) is 16.5 Å². The summed E-state index contributed by atoms with van der Waals surface area (Å²) < 4.78 is 0.916. The van der Waals surface area contributed by atoms with E-state index in [-0.39, 0.29) is 0 Å². The van der Waals surface area contributed by atoms with Crippen molar-refractivity contribution >= 4 is 33.6 Å². The molecule has 100 valence electrons. The lowest BCUT2D eigenvalue weighted by molar-refractivity contribution is 0.998. The minimum atomic E-state index is 0.665. The second-order valence-corrected chi connectivity index (χ2v) is 6.13. The van der Waals surface area contributed by atoms with Gasteiger partial charge < -0.3 is 5.32 Å². The molecule has 0 radical (unpaired) electrons. The number of rotatable bonds is 4. The van der Waals surface area contributed by atoms with Crippen LogP contribution in [0.25, 0.3) is 0 Å². The van der Waals surface area contributed by atoms with E-state index in [1.165, 1.54) is 16.0 Å². The summed E-state index contributed by atoms with van der Waals surface area (Å²) in [6, 6.07) is 6.44. The van der Waals surface area contributed by atoms with Crippen LogP contribution in [0.3, 0.4) is 0 Å². The zero-order valence-electron chi connectivity index (χ0n) is 11.2. The fourth-order valence-corrected chi connectivity index (χ4v) is 2.96. The van der Waals surface area contributed by atoms with Gasteiger partial charge in [-0.2, -0.15) is 0 Å². The van der Waals surface area contributed by atoms with Crippen LogP contribution in [0.2, 0.25) is 0 Å². The molecule has 0 spiro atoms. The molecule has 0 amide bonds. The van der Waals surface area contributed by atoms with Gasteiger partial charge in [-0.15, -0.1) is 0 Å². The smallest absolute Gasteiger partial charge is 0.223 e. The lowest BCUT2D eigenvalue weighted by atomic mass is 10.2. The Labute approximate surface area is 126 Å². The molecular weight excluding hydrogens is 322 g/mol. The molecule has 0 fully saturated rings. The SMILES string of the molecule is CCNc1ncc(Br)c(Sc2ccc(C)cc2C)n1. The van der Waals surface area contributed by atoms with Crippen molar-refractivity contribution in [1.82, 2.24) is 9.97 Å². The number of nitrogens with one attached hydrogen (secondary N) is 1. The highest BCUT2D eigenvalue weighted by Crippen LogP contribution is 2.34. The van der Waals surface area contributed by atoms with Crippen LogP contribution >= 0.6 is 27.7 Å². The molecule has 0 aliphatic heterocycles. The Morgan fingerprint density at radius 3 is 2.79 bits per heavy atom. The lowest BCUT2D eigenvalue weighted by Crippen LogP contribution is -2.02. The third-order valence-electron chi connectivity index (χ3n) is 2.58. The summed E-state index contributed by atoms with van der Waals surface area (Å²) in [5.41, 5.74) is 2.54. The van der Waals surface area contributed by atoms with Gasteiger partial charge >= 0.3 is 0 Å². The number of hydrogen-bond donors (Lipinski definition) is 1. The van der Waals surface area contributed by atoms with Gasteiger partial charge in [0.25, 0.3) is 0 Å². The Morgan fingerprint density at radius 2 is 2.11 bits per heavy atom. The maximum Gasteiger partial charge on any atom is 0.223 e. The Bertz CT molecular complexity index is 587. The van der Waals surface area contributed by atoms with E-state index in [1.807, 2.05) is 6.92 Å². The van der Waals surface area contributed by atoms with Crippen LogP contribution in [0.4, 0.5) is 5.95 Å². The molecule has 0 aliphatic carbocycles. The molecule has 5 heteroatoms. The second-order valence-electron chi connectivity index (χ2n) is 4.25. The van der Waals surface area contributed by atoms with Gasteiger partial charge in [0.15, 0.2) is 0 Å². The maximum absolute atomic E-state index is 4.51. The molecule has 1 heterocycles. The van der Waals surface area contributed by atoms with Crippen molar-refractivity contribution in [3.05, 3.63) is 40.0 Å². The minimum Gasteiger partial charge on any atom is -0.354 e. The van der Waals surface area contributed by atoms with Crippen molar-refractivity contribution in [2.75, 3.05) is 11.9 Å². The molecule has 1 aromatic carbocycles. The quantitative estimate of drug-likeness (QED) is 0.837. The van der Waals surface area contributed by atoms with Gasteiger partial charge in [-0.25, -0.2) is 9.97 Å². The van der Waals surface area contributed by atoms with E-state index in [9.17, 15) is 0 Å². The monoisotopic (exact) mass is 337 g/mol. The molecule has 1 aromatic heterocycles. The Morgan fingerprint density at radius 1 is 1.32 bits per heavy atom. The zero-order chi connectivity index (χ0) is 13.8. The van der Waals surface area contributed by atoms with E-state index in [1.54, 1.807) is 18.0 Å². The molecule has 0 atom stereocenters. The van der Waals surface area contributed by atoms with E-state index in [4.69, 9.17) is 0 Å². The Hall–Kier alpha value is -1.07. The highest BCUT2D eigenvalue weighted by molar-refractivity contribution is 9.10. The lowest BCUT2D eigenvalue weighted by Gasteiger charge is -2.09. The van der Waals surface area contributed by atoms with Crippen molar-refractivity contribution in [3.8, 4) is 0 Å². The summed E-state index contributed by atoms with van der Waals surface area (Å²) in [6.07, 6.45) is 1.79. The largest absolute Gasteiger partial charge is 0.354 e. The predicted molar refractivity (Wildman–Crippen MR) is 83.9 cm³/mol. The van der Waals surface area contributed by atoms with Crippen LogP contribution in [0.5, 0.6) is 0 Å². The van der Waals surface area contributed by atoms with E-state index < -0.39 is 0 Å². The second kappa shape index (κ2) is 6.39. The molecule has 19 heavy (non-hydrogen) atoms. The molecule has 0 aliphatic rings. The average Bonchev–Trinajstić information content (AvgIpc) is 2.37. The van der Waals surface area contributed by atoms with Crippen LogP contribution in [0.1, 0.15) is 18.1 Å². The molecule has 0 saturated heterocycles. The van der Waals surface area contributed by atoms with Crippen LogP contribution < -0.4 is 5.32 Å². The molecular formula is C14H16BrN3S. The topological polar surface area (TPSA) is 37.8 Å².